The summed E-state index contributed by atoms with van der Waals surface area (Å²) < 4.78 is 85.8. The lowest BCUT2D eigenvalue weighted by Crippen LogP contribution is -2.31. The highest BCUT2D eigenvalue weighted by molar-refractivity contribution is 5.66. The molecule has 0 spiro atoms. The molecule has 0 aliphatic carbocycles. The minimum absolute atomic E-state index is 0.00698. The summed E-state index contributed by atoms with van der Waals surface area (Å²) in [6.45, 7) is 1.98. The van der Waals surface area contributed by atoms with E-state index in [0.29, 0.717) is 12.1 Å². The van der Waals surface area contributed by atoms with Gasteiger partial charge in [-0.3, -0.25) is 0 Å². The van der Waals surface area contributed by atoms with Gasteiger partial charge in [0.2, 0.25) is 0 Å². The van der Waals surface area contributed by atoms with Crippen LogP contribution in [0.2, 0.25) is 0 Å². The van der Waals surface area contributed by atoms with Crippen molar-refractivity contribution in [2.75, 3.05) is 4.90 Å². The smallest absolute Gasteiger partial charge is 0.360 e. The Kier molecular flexibility index (Phi) is 6.49. The predicted molar refractivity (Wildman–Crippen MR) is 114 cm³/mol. The van der Waals surface area contributed by atoms with E-state index in [-0.39, 0.29) is 41.8 Å². The molecule has 3 aromatic rings. The molecule has 0 fully saturated rings. The highest BCUT2D eigenvalue weighted by Crippen LogP contribution is 2.44. The maximum atomic E-state index is 13.8. The summed E-state index contributed by atoms with van der Waals surface area (Å²) in [6, 6.07) is 8.44. The Balaban J connectivity index is 1.68. The van der Waals surface area contributed by atoms with Gasteiger partial charge in [0.15, 0.2) is 5.82 Å². The van der Waals surface area contributed by atoms with Gasteiger partial charge >= 0.3 is 12.4 Å². The number of nitriles is 1. The quantitative estimate of drug-likeness (QED) is 0.354. The summed E-state index contributed by atoms with van der Waals surface area (Å²) in [4.78, 5) is 5.95. The lowest BCUT2D eigenvalue weighted by Gasteiger charge is -2.26. The minimum Gasteiger partial charge on any atom is -0.360 e. The number of rotatable bonds is 6. The van der Waals surface area contributed by atoms with Gasteiger partial charge in [-0.15, -0.1) is 0 Å². The summed E-state index contributed by atoms with van der Waals surface area (Å²) in [5.74, 6) is 0.0103. The second-order valence-corrected chi connectivity index (χ2v) is 8.32. The van der Waals surface area contributed by atoms with Crippen LogP contribution in [-0.2, 0) is 25.3 Å². The molecule has 4 rings (SSSR count). The minimum atomic E-state index is -4.69. The van der Waals surface area contributed by atoms with E-state index in [0.717, 1.165) is 31.0 Å². The van der Waals surface area contributed by atoms with Gasteiger partial charge in [0, 0.05) is 17.3 Å². The first kappa shape index (κ1) is 24.6. The van der Waals surface area contributed by atoms with Crippen molar-refractivity contribution >= 4 is 5.69 Å². The number of unbranched alkanes of at least 4 members (excludes halogenated alkanes) is 1. The van der Waals surface area contributed by atoms with Crippen LogP contribution in [0.5, 0.6) is 0 Å². The number of benzene rings is 2. The zero-order valence-electron chi connectivity index (χ0n) is 18.5. The monoisotopic (exact) mass is 494 g/mol. The maximum Gasteiger partial charge on any atom is 0.418 e. The van der Waals surface area contributed by atoms with Gasteiger partial charge < -0.3 is 9.42 Å². The van der Waals surface area contributed by atoms with Crippen LogP contribution in [0, 0.1) is 11.3 Å². The highest BCUT2D eigenvalue weighted by Gasteiger charge is 2.42. The zero-order valence-corrected chi connectivity index (χ0v) is 18.5. The first-order chi connectivity index (χ1) is 16.5. The Morgan fingerprint density at radius 3 is 2.54 bits per heavy atom. The molecular weight excluding hydrogens is 474 g/mol. The first-order valence-corrected chi connectivity index (χ1v) is 10.9. The molecule has 5 nitrogen and oxygen atoms in total. The average Bonchev–Trinajstić information content (AvgIpc) is 3.41. The van der Waals surface area contributed by atoms with Crippen molar-refractivity contribution in [2.45, 2.75) is 57.5 Å². The molecule has 0 amide bonds. The van der Waals surface area contributed by atoms with E-state index in [4.69, 9.17) is 4.52 Å². The fourth-order valence-corrected chi connectivity index (χ4v) is 4.40. The zero-order chi connectivity index (χ0) is 25.4. The lowest BCUT2D eigenvalue weighted by atomic mass is 9.96. The SMILES string of the molecule is CCCCC1Cc2c(ccc(C#N)c2C(F)(F)F)N1Cc1noc(-c2cccc(C(F)(F)F)c2)n1. The molecule has 0 N–H and O–H groups in total. The van der Waals surface area contributed by atoms with Crippen LogP contribution in [0.3, 0.4) is 0 Å². The van der Waals surface area contributed by atoms with Crippen LogP contribution >= 0.6 is 0 Å². The number of anilines is 1. The number of halogens is 6. The number of alkyl halides is 6. The van der Waals surface area contributed by atoms with Crippen LogP contribution in [0.4, 0.5) is 32.0 Å². The molecule has 184 valence electrons. The van der Waals surface area contributed by atoms with E-state index >= 15 is 0 Å². The fraction of sp³-hybridized carbons (Fsp3) is 0.375. The van der Waals surface area contributed by atoms with Crippen molar-refractivity contribution < 1.29 is 30.9 Å². The number of fused-ring (bicyclic) bond motifs is 1. The van der Waals surface area contributed by atoms with Gasteiger partial charge in [0.25, 0.3) is 5.89 Å². The number of hydrogen-bond donors (Lipinski definition) is 0. The molecule has 1 atom stereocenters. The molecular formula is C24H20F6N4O. The number of hydrogen-bond acceptors (Lipinski definition) is 5. The summed E-state index contributed by atoms with van der Waals surface area (Å²) in [6.07, 6.45) is -6.88. The average molecular weight is 494 g/mol. The van der Waals surface area contributed by atoms with Gasteiger partial charge in [0.05, 0.1) is 29.3 Å². The molecule has 2 aromatic carbocycles. The second kappa shape index (κ2) is 9.24. The predicted octanol–water partition coefficient (Wildman–Crippen LogP) is 6.77. The Bertz CT molecular complexity index is 1260. The van der Waals surface area contributed by atoms with Crippen LogP contribution in [0.15, 0.2) is 40.9 Å². The molecule has 1 aliphatic rings. The Morgan fingerprint density at radius 2 is 1.89 bits per heavy atom. The maximum absolute atomic E-state index is 13.8. The molecule has 1 unspecified atom stereocenters. The molecule has 0 saturated heterocycles. The topological polar surface area (TPSA) is 66.0 Å². The third-order valence-electron chi connectivity index (χ3n) is 5.99. The van der Waals surface area contributed by atoms with Crippen molar-refractivity contribution in [3.8, 4) is 17.5 Å². The third kappa shape index (κ3) is 4.97. The number of aromatic nitrogens is 2. The van der Waals surface area contributed by atoms with Crippen LogP contribution < -0.4 is 4.90 Å². The van der Waals surface area contributed by atoms with E-state index < -0.39 is 29.0 Å². The molecule has 1 aliphatic heterocycles. The van der Waals surface area contributed by atoms with E-state index in [9.17, 15) is 31.6 Å². The Hall–Kier alpha value is -3.55. The van der Waals surface area contributed by atoms with Crippen LogP contribution in [-0.4, -0.2) is 16.2 Å². The Labute approximate surface area is 197 Å². The molecule has 0 bridgehead atoms. The number of nitrogens with zero attached hydrogens (tertiary/aromatic N) is 4. The van der Waals surface area contributed by atoms with Gasteiger partial charge in [0.1, 0.15) is 0 Å². The van der Waals surface area contributed by atoms with Gasteiger partial charge in [-0.05, 0) is 48.7 Å². The molecule has 35 heavy (non-hydrogen) atoms. The van der Waals surface area contributed by atoms with Crippen molar-refractivity contribution in [2.24, 2.45) is 0 Å². The summed E-state index contributed by atoms with van der Waals surface area (Å²) in [7, 11) is 0. The molecule has 11 heteroatoms. The van der Waals surface area contributed by atoms with Crippen LogP contribution in [0.1, 0.15) is 54.3 Å². The van der Waals surface area contributed by atoms with Crippen molar-refractivity contribution in [1.29, 1.82) is 5.26 Å². The van der Waals surface area contributed by atoms with E-state index in [1.165, 1.54) is 18.2 Å². The van der Waals surface area contributed by atoms with Crippen molar-refractivity contribution in [1.82, 2.24) is 10.1 Å². The summed E-state index contributed by atoms with van der Waals surface area (Å²) >= 11 is 0. The van der Waals surface area contributed by atoms with Crippen LogP contribution in [0.25, 0.3) is 11.5 Å². The third-order valence-corrected chi connectivity index (χ3v) is 5.99. The highest BCUT2D eigenvalue weighted by atomic mass is 19.4. The fourth-order valence-electron chi connectivity index (χ4n) is 4.40. The van der Waals surface area contributed by atoms with Crippen molar-refractivity contribution in [3.63, 3.8) is 0 Å². The molecule has 0 saturated carbocycles. The largest absolute Gasteiger partial charge is 0.418 e. The first-order valence-electron chi connectivity index (χ1n) is 10.9. The van der Waals surface area contributed by atoms with E-state index in [2.05, 4.69) is 10.1 Å². The second-order valence-electron chi connectivity index (χ2n) is 8.32. The van der Waals surface area contributed by atoms with E-state index in [1.807, 2.05) is 6.92 Å². The molecule has 1 aromatic heterocycles. The normalized spacial score (nSPS) is 15.8. The van der Waals surface area contributed by atoms with Gasteiger partial charge in [-0.25, -0.2) is 0 Å². The standard InChI is InChI=1S/C24H20F6N4O/c1-2-3-7-17-11-18-19(9-8-15(12-31)21(18)24(28,29)30)34(17)13-20-32-22(35-33-20)14-5-4-6-16(10-14)23(25,26)27/h4-6,8-10,17H,2-3,7,11,13H2,1H3. The van der Waals surface area contributed by atoms with Crippen molar-refractivity contribution in [3.05, 3.63) is 64.5 Å². The van der Waals surface area contributed by atoms with Gasteiger partial charge in [-0.1, -0.05) is 31.0 Å². The lowest BCUT2D eigenvalue weighted by molar-refractivity contribution is -0.138. The van der Waals surface area contributed by atoms with E-state index in [1.54, 1.807) is 11.0 Å². The molecule has 0 radical (unpaired) electrons. The summed E-state index contributed by atoms with van der Waals surface area (Å²) in [5.41, 5.74) is -1.75. The van der Waals surface area contributed by atoms with Gasteiger partial charge in [-0.2, -0.15) is 36.6 Å². The summed E-state index contributed by atoms with van der Waals surface area (Å²) in [5, 5.41) is 13.1. The molecule has 2 heterocycles. The Morgan fingerprint density at radius 1 is 1.11 bits per heavy atom.